The lowest BCUT2D eigenvalue weighted by Gasteiger charge is -2.03. The van der Waals surface area contributed by atoms with Crippen molar-refractivity contribution in [2.75, 3.05) is 0 Å². The molecule has 0 N–H and O–H groups in total. The summed E-state index contributed by atoms with van der Waals surface area (Å²) < 4.78 is 0. The molecule has 2 aromatic rings. The van der Waals surface area contributed by atoms with Crippen LogP contribution in [0, 0.1) is 11.2 Å². The molecule has 0 saturated carbocycles. The summed E-state index contributed by atoms with van der Waals surface area (Å²) in [5, 5.41) is 8.82. The molecular formula is C14H12BN. The fourth-order valence-corrected chi connectivity index (χ4v) is 1.67. The molecule has 16 heavy (non-hydrogen) atoms. The van der Waals surface area contributed by atoms with E-state index < -0.39 is 0 Å². The summed E-state index contributed by atoms with van der Waals surface area (Å²) in [5.74, 6) is 2.24. The number of hydrogen-bond acceptors (Lipinski definition) is 1. The van der Waals surface area contributed by atoms with E-state index in [4.69, 9.17) is 5.26 Å². The minimum Gasteiger partial charge on any atom is -0.212 e. The normalized spacial score (nSPS) is 9.50. The van der Waals surface area contributed by atoms with Crippen LogP contribution in [0.3, 0.4) is 0 Å². The number of nitriles is 1. The van der Waals surface area contributed by atoms with Gasteiger partial charge in [0.1, 0.15) is 0 Å². The Hall–Kier alpha value is -2.01. The SMILES string of the molecule is CB(C#N)c1ccc(-c2ccccc2)cc1. The Morgan fingerprint density at radius 2 is 1.44 bits per heavy atom. The maximum Gasteiger partial charge on any atom is 0.297 e. The predicted octanol–water partition coefficient (Wildman–Crippen LogP) is 2.75. The van der Waals surface area contributed by atoms with E-state index in [1.54, 1.807) is 0 Å². The van der Waals surface area contributed by atoms with Crippen LogP contribution in [-0.4, -0.2) is 6.71 Å². The Labute approximate surface area is 96.4 Å². The van der Waals surface area contributed by atoms with E-state index in [2.05, 4.69) is 30.2 Å². The summed E-state index contributed by atoms with van der Waals surface area (Å²) in [5.41, 5.74) is 3.47. The maximum absolute atomic E-state index is 8.82. The zero-order valence-corrected chi connectivity index (χ0v) is 9.22. The van der Waals surface area contributed by atoms with E-state index in [-0.39, 0.29) is 6.71 Å². The number of hydrogen-bond donors (Lipinski definition) is 0. The van der Waals surface area contributed by atoms with E-state index in [1.165, 1.54) is 11.1 Å². The van der Waals surface area contributed by atoms with Gasteiger partial charge in [0.15, 0.2) is 0 Å². The monoisotopic (exact) mass is 205 g/mol. The first-order valence-corrected chi connectivity index (χ1v) is 5.36. The summed E-state index contributed by atoms with van der Waals surface area (Å²) >= 11 is 0. The Kier molecular flexibility index (Phi) is 3.07. The highest BCUT2D eigenvalue weighted by atomic mass is 14.2. The molecule has 0 saturated heterocycles. The second-order valence-corrected chi connectivity index (χ2v) is 3.84. The van der Waals surface area contributed by atoms with Gasteiger partial charge in [0.2, 0.25) is 0 Å². The molecule has 0 amide bonds. The quantitative estimate of drug-likeness (QED) is 0.691. The molecule has 0 bridgehead atoms. The summed E-state index contributed by atoms with van der Waals surface area (Å²) in [6.07, 6.45) is 0. The van der Waals surface area contributed by atoms with E-state index in [0.29, 0.717) is 0 Å². The second-order valence-electron chi connectivity index (χ2n) is 3.84. The van der Waals surface area contributed by atoms with Crippen LogP contribution in [0.1, 0.15) is 0 Å². The third kappa shape index (κ3) is 2.15. The summed E-state index contributed by atoms with van der Waals surface area (Å²) in [7, 11) is 0. The molecule has 2 rings (SSSR count). The molecule has 0 aliphatic heterocycles. The minimum absolute atomic E-state index is 0.0372. The van der Waals surface area contributed by atoms with Gasteiger partial charge >= 0.3 is 0 Å². The molecule has 0 radical (unpaired) electrons. The van der Waals surface area contributed by atoms with Gasteiger partial charge in [-0.05, 0) is 11.1 Å². The lowest BCUT2D eigenvalue weighted by Crippen LogP contribution is -2.24. The van der Waals surface area contributed by atoms with Gasteiger partial charge in [0.25, 0.3) is 6.71 Å². The molecular weight excluding hydrogens is 193 g/mol. The standard InChI is InChI=1S/C14H12BN/c1-15(11-16)14-9-7-13(8-10-14)12-5-3-2-4-6-12/h2-10H,1H3. The Morgan fingerprint density at radius 1 is 0.875 bits per heavy atom. The first kappa shape index (κ1) is 10.5. The van der Waals surface area contributed by atoms with Crippen molar-refractivity contribution in [3.8, 4) is 17.1 Å². The second kappa shape index (κ2) is 4.68. The van der Waals surface area contributed by atoms with Crippen molar-refractivity contribution in [3.05, 3.63) is 54.6 Å². The smallest absolute Gasteiger partial charge is 0.212 e. The van der Waals surface area contributed by atoms with Crippen molar-refractivity contribution in [1.82, 2.24) is 0 Å². The molecule has 0 atom stereocenters. The highest BCUT2D eigenvalue weighted by molar-refractivity contribution is 6.78. The van der Waals surface area contributed by atoms with Gasteiger partial charge in [-0.1, -0.05) is 66.9 Å². The average Bonchev–Trinajstić information content (AvgIpc) is 2.39. The Bertz CT molecular complexity index is 497. The molecule has 0 heterocycles. The summed E-state index contributed by atoms with van der Waals surface area (Å²) in [6, 6.07) is 18.4. The average molecular weight is 205 g/mol. The van der Waals surface area contributed by atoms with Crippen molar-refractivity contribution in [3.63, 3.8) is 0 Å². The van der Waals surface area contributed by atoms with Crippen LogP contribution in [0.25, 0.3) is 11.1 Å². The van der Waals surface area contributed by atoms with Crippen molar-refractivity contribution in [1.29, 1.82) is 5.26 Å². The first-order chi connectivity index (χ1) is 7.81. The van der Waals surface area contributed by atoms with Crippen molar-refractivity contribution < 1.29 is 0 Å². The van der Waals surface area contributed by atoms with Gasteiger partial charge in [-0.3, -0.25) is 0 Å². The van der Waals surface area contributed by atoms with Gasteiger partial charge < -0.3 is 0 Å². The molecule has 2 aromatic carbocycles. The van der Waals surface area contributed by atoms with Crippen LogP contribution in [0.4, 0.5) is 0 Å². The van der Waals surface area contributed by atoms with Gasteiger partial charge in [-0.25, -0.2) is 5.26 Å². The van der Waals surface area contributed by atoms with E-state index >= 15 is 0 Å². The highest BCUT2D eigenvalue weighted by Crippen LogP contribution is 2.17. The lowest BCUT2D eigenvalue weighted by atomic mass is 9.49. The predicted molar refractivity (Wildman–Crippen MR) is 68.7 cm³/mol. The van der Waals surface area contributed by atoms with E-state index in [0.717, 1.165) is 5.46 Å². The van der Waals surface area contributed by atoms with Crippen LogP contribution >= 0.6 is 0 Å². The molecule has 76 valence electrons. The van der Waals surface area contributed by atoms with Crippen molar-refractivity contribution >= 4 is 12.2 Å². The number of benzene rings is 2. The van der Waals surface area contributed by atoms with Gasteiger partial charge in [0, 0.05) is 5.97 Å². The zero-order valence-electron chi connectivity index (χ0n) is 9.22. The van der Waals surface area contributed by atoms with Crippen LogP contribution in [0.15, 0.2) is 54.6 Å². The third-order valence-electron chi connectivity index (χ3n) is 2.71. The molecule has 1 nitrogen and oxygen atoms in total. The minimum atomic E-state index is -0.0372. The molecule has 0 spiro atoms. The molecule has 0 aliphatic rings. The fraction of sp³-hybridized carbons (Fsp3) is 0.0714. The molecule has 0 fully saturated rings. The topological polar surface area (TPSA) is 23.8 Å². The summed E-state index contributed by atoms with van der Waals surface area (Å²) in [6.45, 7) is 1.88. The highest BCUT2D eigenvalue weighted by Gasteiger charge is 2.08. The molecule has 2 heteroatoms. The van der Waals surface area contributed by atoms with Crippen molar-refractivity contribution in [2.45, 2.75) is 6.82 Å². The Morgan fingerprint density at radius 3 is 2.00 bits per heavy atom. The largest absolute Gasteiger partial charge is 0.297 e. The van der Waals surface area contributed by atoms with Crippen LogP contribution < -0.4 is 5.46 Å². The number of rotatable bonds is 2. The van der Waals surface area contributed by atoms with Crippen molar-refractivity contribution in [2.24, 2.45) is 0 Å². The van der Waals surface area contributed by atoms with Crippen LogP contribution in [0.5, 0.6) is 0 Å². The van der Waals surface area contributed by atoms with Crippen LogP contribution in [-0.2, 0) is 0 Å². The Balaban J connectivity index is 2.31. The van der Waals surface area contributed by atoms with Gasteiger partial charge in [-0.2, -0.15) is 0 Å². The molecule has 0 unspecified atom stereocenters. The van der Waals surface area contributed by atoms with E-state index in [9.17, 15) is 0 Å². The first-order valence-electron chi connectivity index (χ1n) is 5.36. The van der Waals surface area contributed by atoms with Crippen LogP contribution in [0.2, 0.25) is 6.82 Å². The zero-order chi connectivity index (χ0) is 11.4. The third-order valence-corrected chi connectivity index (χ3v) is 2.71. The van der Waals surface area contributed by atoms with Gasteiger partial charge in [0.05, 0.1) is 0 Å². The number of nitrogens with zero attached hydrogens (tertiary/aromatic N) is 1. The molecule has 0 aliphatic carbocycles. The fourth-order valence-electron chi connectivity index (χ4n) is 1.67. The van der Waals surface area contributed by atoms with E-state index in [1.807, 2.05) is 37.2 Å². The van der Waals surface area contributed by atoms with Gasteiger partial charge in [-0.15, -0.1) is 0 Å². The molecule has 0 aromatic heterocycles. The lowest BCUT2D eigenvalue weighted by molar-refractivity contribution is 1.55. The maximum atomic E-state index is 8.82. The summed E-state index contributed by atoms with van der Waals surface area (Å²) in [4.78, 5) is 0.